The number of benzene rings is 1. The van der Waals surface area contributed by atoms with Gasteiger partial charge in [-0.15, -0.1) is 0 Å². The number of aliphatic hydroxyl groups excluding tert-OH is 1. The predicted octanol–water partition coefficient (Wildman–Crippen LogP) is -0.398. The summed E-state index contributed by atoms with van der Waals surface area (Å²) in [5, 5.41) is 24.9. The number of H-pyrrole nitrogens is 1. The Hall–Kier alpha value is -3.91. The van der Waals surface area contributed by atoms with Crippen LogP contribution in [0.3, 0.4) is 0 Å². The maximum atomic E-state index is 13.1. The molecule has 1 fully saturated rings. The van der Waals surface area contributed by atoms with Crippen LogP contribution in [0.5, 0.6) is 0 Å². The van der Waals surface area contributed by atoms with E-state index < -0.39 is 79.2 Å². The van der Waals surface area contributed by atoms with Gasteiger partial charge in [-0.25, -0.2) is 15.0 Å². The molecule has 4 rings (SSSR count). The summed E-state index contributed by atoms with van der Waals surface area (Å²) in [4.78, 5) is 66.2. The van der Waals surface area contributed by atoms with Crippen molar-refractivity contribution in [2.24, 2.45) is 5.73 Å². The number of hydrogen-bond donors (Lipinski definition) is 5. The second-order valence-corrected chi connectivity index (χ2v) is 8.18. The molecule has 1 aliphatic rings. The number of ketones is 3. The molecule has 2 unspecified atom stereocenters. The van der Waals surface area contributed by atoms with Gasteiger partial charge >= 0.3 is 0 Å². The van der Waals surface area contributed by atoms with Crippen LogP contribution in [0.4, 0.5) is 5.82 Å². The van der Waals surface area contributed by atoms with Gasteiger partial charge in [0, 0.05) is 9.68 Å². The number of aromatic amines is 1. The fourth-order valence-corrected chi connectivity index (χ4v) is 4.10. The molecule has 1 saturated heterocycles. The molecule has 1 aromatic carbocycles. The number of anilines is 1. The first-order valence-electron chi connectivity index (χ1n) is 12.6. The van der Waals surface area contributed by atoms with E-state index >= 15 is 0 Å². The molecule has 6 N–H and O–H groups in total. The normalized spacial score (nSPS) is 27.6. The van der Waals surface area contributed by atoms with E-state index in [0.29, 0.717) is 0 Å². The van der Waals surface area contributed by atoms with Gasteiger partial charge in [0.1, 0.15) is 23.3 Å². The van der Waals surface area contributed by atoms with Crippen LogP contribution in [0.25, 0.3) is 11.2 Å². The first kappa shape index (κ1) is 21.4. The van der Waals surface area contributed by atoms with Crippen molar-refractivity contribution in [3.63, 3.8) is 0 Å². The summed E-state index contributed by atoms with van der Waals surface area (Å²) in [5.74, 6) is -5.05. The van der Waals surface area contributed by atoms with E-state index in [4.69, 9.17) is 14.6 Å². The molecule has 188 valence electrons. The second kappa shape index (κ2) is 8.95. The van der Waals surface area contributed by atoms with Crippen molar-refractivity contribution < 1.29 is 38.2 Å². The van der Waals surface area contributed by atoms with Crippen molar-refractivity contribution in [2.75, 3.05) is 5.32 Å². The van der Waals surface area contributed by atoms with Crippen LogP contribution in [0, 0.1) is 0 Å². The van der Waals surface area contributed by atoms with E-state index in [1.807, 2.05) is 0 Å². The fraction of sp³-hybridized carbons (Fsp3) is 0.348. The summed E-state index contributed by atoms with van der Waals surface area (Å²) in [6.07, 6.45) is -5.19. The smallest absolute Gasteiger partial charge is 0.256 e. The van der Waals surface area contributed by atoms with Gasteiger partial charge in [-0.2, -0.15) is 0 Å². The van der Waals surface area contributed by atoms with Gasteiger partial charge in [0.05, 0.1) is 6.33 Å². The maximum absolute atomic E-state index is 13.1. The zero-order valence-corrected chi connectivity index (χ0v) is 18.7. The minimum absolute atomic E-state index is 0.0618. The molecule has 0 radical (unpaired) electrons. The maximum Gasteiger partial charge on any atom is 0.256 e. The molecule has 3 heterocycles. The number of Topliss-reactive ketones (excluding diaryl/α,β-unsaturated/α-hetero) is 3. The lowest BCUT2D eigenvalue weighted by Gasteiger charge is -2.38. The number of imidazole rings is 1. The number of nitrogens with zero attached hydrogens (tertiary/aromatic N) is 3. The summed E-state index contributed by atoms with van der Waals surface area (Å²) in [6, 6.07) is 8.06. The highest BCUT2D eigenvalue weighted by atomic mass is 16.5. The Kier molecular flexibility index (Phi) is 5.31. The molecule has 13 heteroatoms. The monoisotopic (exact) mass is 499 g/mol. The van der Waals surface area contributed by atoms with E-state index in [2.05, 4.69) is 25.3 Å². The van der Waals surface area contributed by atoms with Gasteiger partial charge in [-0.1, -0.05) is 18.2 Å². The molecule has 0 bridgehead atoms. The Morgan fingerprint density at radius 1 is 1.17 bits per heavy atom. The number of hydrogen-bond acceptors (Lipinski definition) is 11. The number of carbonyl (C=O) groups is 4. The number of aliphatic hydroxyl groups is 2. The predicted molar refractivity (Wildman–Crippen MR) is 124 cm³/mol. The van der Waals surface area contributed by atoms with Crippen LogP contribution < -0.4 is 11.1 Å². The molecule has 13 nitrogen and oxygen atoms in total. The SMILES string of the molecule is [2H]CC(=O)C(O)[C@H]1OC(c2nc(NC(=O)c3ccccc3)c3[nH]cnc3n2)[C@@](O)(C(=O)C[2H])[C@@]1(N)C(=O)C[2H]. The molecule has 1 aliphatic heterocycles. The Morgan fingerprint density at radius 2 is 1.89 bits per heavy atom. The number of carbonyl (C=O) groups excluding carboxylic acids is 4. The van der Waals surface area contributed by atoms with Crippen LogP contribution in [-0.4, -0.2) is 76.8 Å². The molecule has 3 aromatic rings. The van der Waals surface area contributed by atoms with E-state index in [9.17, 15) is 29.4 Å². The Balaban J connectivity index is 1.89. The van der Waals surface area contributed by atoms with Gasteiger partial charge in [-0.05, 0) is 32.8 Å². The number of amides is 1. The van der Waals surface area contributed by atoms with Crippen LogP contribution in [0.1, 0.15) is 47.1 Å². The molecule has 2 aromatic heterocycles. The molecular formula is C23H24N6O7. The third-order valence-corrected chi connectivity index (χ3v) is 6.05. The van der Waals surface area contributed by atoms with Gasteiger partial charge < -0.3 is 31.0 Å². The van der Waals surface area contributed by atoms with Crippen molar-refractivity contribution in [3.05, 3.63) is 48.0 Å². The summed E-state index contributed by atoms with van der Waals surface area (Å²) < 4.78 is 28.1. The number of nitrogens with one attached hydrogen (secondary N) is 2. The highest BCUT2D eigenvalue weighted by molar-refractivity contribution is 6.06. The molecule has 36 heavy (non-hydrogen) atoms. The Bertz CT molecular complexity index is 1440. The van der Waals surface area contributed by atoms with Gasteiger partial charge in [0.2, 0.25) is 0 Å². The van der Waals surface area contributed by atoms with Crippen molar-refractivity contribution in [2.45, 2.75) is 50.2 Å². The molecule has 0 spiro atoms. The molecule has 5 atom stereocenters. The van der Waals surface area contributed by atoms with E-state index in [0.717, 1.165) is 0 Å². The van der Waals surface area contributed by atoms with E-state index in [1.54, 1.807) is 18.2 Å². The van der Waals surface area contributed by atoms with E-state index in [1.165, 1.54) is 18.5 Å². The fourth-order valence-electron chi connectivity index (χ4n) is 4.10. The molecule has 1 amide bonds. The second-order valence-electron chi connectivity index (χ2n) is 8.18. The van der Waals surface area contributed by atoms with Crippen LogP contribution in [0.15, 0.2) is 36.7 Å². The summed E-state index contributed by atoms with van der Waals surface area (Å²) in [7, 11) is 0. The molecule has 0 aliphatic carbocycles. The minimum atomic E-state index is -3.13. The Labute approximate surface area is 208 Å². The summed E-state index contributed by atoms with van der Waals surface area (Å²) in [6.45, 7) is -3.15. The largest absolute Gasteiger partial charge is 0.382 e. The molecule has 0 saturated carbocycles. The number of ether oxygens (including phenoxy) is 1. The van der Waals surface area contributed by atoms with E-state index in [-0.39, 0.29) is 22.5 Å². The number of aromatic nitrogens is 4. The Morgan fingerprint density at radius 3 is 2.56 bits per heavy atom. The first-order valence-corrected chi connectivity index (χ1v) is 10.4. The van der Waals surface area contributed by atoms with Crippen molar-refractivity contribution in [1.29, 1.82) is 0 Å². The van der Waals surface area contributed by atoms with Gasteiger partial charge in [0.15, 0.2) is 46.3 Å². The first-order chi connectivity index (χ1) is 18.5. The van der Waals surface area contributed by atoms with Crippen LogP contribution in [-0.2, 0) is 19.1 Å². The third-order valence-electron chi connectivity index (χ3n) is 6.05. The number of fused-ring (bicyclic) bond motifs is 1. The van der Waals surface area contributed by atoms with Crippen LogP contribution >= 0.6 is 0 Å². The number of rotatable bonds is 7. The lowest BCUT2D eigenvalue weighted by molar-refractivity contribution is -0.152. The highest BCUT2D eigenvalue weighted by Crippen LogP contribution is 2.48. The van der Waals surface area contributed by atoms with Crippen molar-refractivity contribution in [3.8, 4) is 0 Å². The summed E-state index contributed by atoms with van der Waals surface area (Å²) >= 11 is 0. The average molecular weight is 499 g/mol. The lowest BCUT2D eigenvalue weighted by Crippen LogP contribution is -2.72. The summed E-state index contributed by atoms with van der Waals surface area (Å²) in [5.41, 5.74) is 0.571. The van der Waals surface area contributed by atoms with Gasteiger partial charge in [0.25, 0.3) is 5.91 Å². The average Bonchev–Trinajstić information content (AvgIpc) is 3.53. The minimum Gasteiger partial charge on any atom is -0.382 e. The standard InChI is InChI=1S/C23H24N6O7/c1-10(30)15(33)16-22(24,11(2)31)23(35,12(3)32)17(36-16)20-27-18-14(25-9-26-18)19(28-20)29-21(34)13-7-5-4-6-8-13/h4-9,15-17,33,35H,24H2,1-3H3,(H2,25,26,27,28,29,34)/t15?,16-,17?,22-,23+/m1/s1/i1D,2D,3D. The van der Waals surface area contributed by atoms with Gasteiger partial charge in [-0.3, -0.25) is 19.2 Å². The highest BCUT2D eigenvalue weighted by Gasteiger charge is 2.72. The topological polar surface area (TPSA) is 210 Å². The zero-order chi connectivity index (χ0) is 28.5. The molecular weight excluding hydrogens is 472 g/mol. The number of nitrogens with two attached hydrogens (primary N) is 1. The third kappa shape index (κ3) is 3.69. The lowest BCUT2D eigenvalue weighted by atomic mass is 9.69. The van der Waals surface area contributed by atoms with Crippen molar-refractivity contribution >= 4 is 40.2 Å². The zero-order valence-electron chi connectivity index (χ0n) is 21.7. The van der Waals surface area contributed by atoms with Crippen molar-refractivity contribution in [1.82, 2.24) is 19.9 Å². The van der Waals surface area contributed by atoms with Crippen LogP contribution in [0.2, 0.25) is 0 Å². The quantitative estimate of drug-likeness (QED) is 0.282.